The minimum Gasteiger partial charge on any atom is -0.491 e. The SMILES string of the molecule is CCOCCn1c(=NC(=O)c2ccc(OC(C)C)cc2)sc2c(C)cc(C)cc21. The normalized spacial score (nSPS) is 12.1. The number of benzene rings is 2. The van der Waals surface area contributed by atoms with Crippen molar-refractivity contribution >= 4 is 27.5 Å². The third kappa shape index (κ3) is 5.14. The molecule has 5 nitrogen and oxygen atoms in total. The van der Waals surface area contributed by atoms with E-state index in [-0.39, 0.29) is 12.0 Å². The van der Waals surface area contributed by atoms with Gasteiger partial charge in [-0.05, 0) is 76.1 Å². The summed E-state index contributed by atoms with van der Waals surface area (Å²) < 4.78 is 14.4. The van der Waals surface area contributed by atoms with Crippen LogP contribution in [0.25, 0.3) is 10.2 Å². The highest BCUT2D eigenvalue weighted by Gasteiger charge is 2.12. The predicted molar refractivity (Wildman–Crippen MR) is 118 cm³/mol. The summed E-state index contributed by atoms with van der Waals surface area (Å²) in [5.41, 5.74) is 4.03. The Morgan fingerprint density at radius 3 is 2.55 bits per heavy atom. The number of carbonyl (C=O) groups excluding carboxylic acids is 1. The monoisotopic (exact) mass is 412 g/mol. The number of carbonyl (C=O) groups is 1. The molecule has 0 unspecified atom stereocenters. The second-order valence-electron chi connectivity index (χ2n) is 7.27. The Hall–Kier alpha value is -2.44. The van der Waals surface area contributed by atoms with Crippen LogP contribution in [0.3, 0.4) is 0 Å². The molecule has 0 aliphatic rings. The van der Waals surface area contributed by atoms with Gasteiger partial charge < -0.3 is 14.0 Å². The summed E-state index contributed by atoms with van der Waals surface area (Å²) in [5, 5.41) is 0. The number of hydrogen-bond acceptors (Lipinski definition) is 4. The van der Waals surface area contributed by atoms with Gasteiger partial charge in [0.1, 0.15) is 5.75 Å². The van der Waals surface area contributed by atoms with Crippen LogP contribution in [-0.4, -0.2) is 29.8 Å². The molecule has 3 rings (SSSR count). The van der Waals surface area contributed by atoms with E-state index < -0.39 is 0 Å². The second kappa shape index (κ2) is 9.37. The van der Waals surface area contributed by atoms with Gasteiger partial charge in [-0.2, -0.15) is 4.99 Å². The highest BCUT2D eigenvalue weighted by molar-refractivity contribution is 7.16. The number of fused-ring (bicyclic) bond motifs is 1. The number of aromatic nitrogens is 1. The number of nitrogens with zero attached hydrogens (tertiary/aromatic N) is 2. The number of ether oxygens (including phenoxy) is 2. The topological polar surface area (TPSA) is 52.8 Å². The van der Waals surface area contributed by atoms with Crippen molar-refractivity contribution in [2.45, 2.75) is 47.3 Å². The standard InChI is InChI=1S/C23H28N2O3S/c1-6-27-12-11-25-20-14-16(4)13-17(5)21(20)29-23(25)24-22(26)18-7-9-19(10-8-18)28-15(2)3/h7-10,13-15H,6,11-12H2,1-5H3. The largest absolute Gasteiger partial charge is 0.491 e. The first-order valence-electron chi connectivity index (χ1n) is 9.93. The van der Waals surface area contributed by atoms with E-state index in [9.17, 15) is 4.79 Å². The van der Waals surface area contributed by atoms with E-state index in [0.717, 1.165) is 16.0 Å². The van der Waals surface area contributed by atoms with E-state index >= 15 is 0 Å². The minimum absolute atomic E-state index is 0.0933. The molecule has 29 heavy (non-hydrogen) atoms. The molecule has 6 heteroatoms. The quantitative estimate of drug-likeness (QED) is 0.520. The van der Waals surface area contributed by atoms with E-state index in [0.29, 0.717) is 30.1 Å². The van der Waals surface area contributed by atoms with Crippen molar-refractivity contribution in [1.29, 1.82) is 0 Å². The molecule has 0 atom stereocenters. The van der Waals surface area contributed by atoms with Gasteiger partial charge in [-0.3, -0.25) is 4.79 Å². The lowest BCUT2D eigenvalue weighted by atomic mass is 10.1. The van der Waals surface area contributed by atoms with Crippen molar-refractivity contribution < 1.29 is 14.3 Å². The summed E-state index contributed by atoms with van der Waals surface area (Å²) >= 11 is 1.55. The maximum absolute atomic E-state index is 12.8. The van der Waals surface area contributed by atoms with Crippen LogP contribution in [0.5, 0.6) is 5.75 Å². The Labute approximate surface area is 175 Å². The highest BCUT2D eigenvalue weighted by Crippen LogP contribution is 2.23. The first-order chi connectivity index (χ1) is 13.9. The third-order valence-electron chi connectivity index (χ3n) is 4.45. The summed E-state index contributed by atoms with van der Waals surface area (Å²) in [5.74, 6) is 0.489. The molecule has 0 saturated heterocycles. The van der Waals surface area contributed by atoms with Crippen LogP contribution in [0.2, 0.25) is 0 Å². The van der Waals surface area contributed by atoms with Crippen LogP contribution >= 0.6 is 11.3 Å². The van der Waals surface area contributed by atoms with Gasteiger partial charge in [0, 0.05) is 18.7 Å². The average molecular weight is 413 g/mol. The molecule has 0 aliphatic carbocycles. The molecule has 0 saturated carbocycles. The van der Waals surface area contributed by atoms with E-state index in [4.69, 9.17) is 9.47 Å². The van der Waals surface area contributed by atoms with Crippen LogP contribution in [0.1, 0.15) is 42.3 Å². The summed E-state index contributed by atoms with van der Waals surface area (Å²) in [6.07, 6.45) is 0.0933. The minimum atomic E-state index is -0.257. The summed E-state index contributed by atoms with van der Waals surface area (Å²) in [6.45, 7) is 12.0. The van der Waals surface area contributed by atoms with Crippen molar-refractivity contribution in [2.24, 2.45) is 4.99 Å². The van der Waals surface area contributed by atoms with E-state index in [1.807, 2.05) is 32.9 Å². The smallest absolute Gasteiger partial charge is 0.279 e. The molecule has 1 aromatic heterocycles. The number of thiazole rings is 1. The maximum atomic E-state index is 12.8. The van der Waals surface area contributed by atoms with Crippen LogP contribution < -0.4 is 9.54 Å². The Kier molecular flexibility index (Phi) is 6.87. The molecule has 2 aromatic carbocycles. The molecule has 0 fully saturated rings. The van der Waals surface area contributed by atoms with E-state index in [1.165, 1.54) is 11.1 Å². The predicted octanol–water partition coefficient (Wildman–Crippen LogP) is 4.88. The zero-order valence-corrected chi connectivity index (χ0v) is 18.5. The lowest BCUT2D eigenvalue weighted by molar-refractivity contribution is 0.0996. The Morgan fingerprint density at radius 1 is 1.17 bits per heavy atom. The van der Waals surface area contributed by atoms with Gasteiger partial charge in [-0.1, -0.05) is 17.4 Å². The lowest BCUT2D eigenvalue weighted by Crippen LogP contribution is -2.19. The molecule has 0 spiro atoms. The fraction of sp³-hybridized carbons (Fsp3) is 0.391. The van der Waals surface area contributed by atoms with Gasteiger partial charge in [0.25, 0.3) is 5.91 Å². The van der Waals surface area contributed by atoms with Crippen LogP contribution in [0.4, 0.5) is 0 Å². The fourth-order valence-electron chi connectivity index (χ4n) is 3.21. The van der Waals surface area contributed by atoms with Gasteiger partial charge in [0.15, 0.2) is 4.80 Å². The third-order valence-corrected chi connectivity index (χ3v) is 5.68. The number of aryl methyl sites for hydroxylation is 2. The molecule has 0 aliphatic heterocycles. The van der Waals surface area contributed by atoms with Gasteiger partial charge in [0.05, 0.1) is 22.9 Å². The zero-order chi connectivity index (χ0) is 21.0. The molecule has 1 amide bonds. The fourth-order valence-corrected chi connectivity index (χ4v) is 4.32. The first kappa shape index (κ1) is 21.3. The van der Waals surface area contributed by atoms with Crippen LogP contribution in [-0.2, 0) is 11.3 Å². The Bertz CT molecular complexity index is 1060. The molecular formula is C23H28N2O3S. The Morgan fingerprint density at radius 2 is 1.90 bits per heavy atom. The second-order valence-corrected chi connectivity index (χ2v) is 8.25. The summed E-state index contributed by atoms with van der Waals surface area (Å²) in [6, 6.07) is 11.4. The lowest BCUT2D eigenvalue weighted by Gasteiger charge is -2.09. The number of amides is 1. The van der Waals surface area contributed by atoms with E-state index in [1.54, 1.807) is 23.5 Å². The highest BCUT2D eigenvalue weighted by atomic mass is 32.1. The first-order valence-corrected chi connectivity index (χ1v) is 10.7. The molecule has 0 N–H and O–H groups in total. The average Bonchev–Trinajstić information content (AvgIpc) is 3.00. The van der Waals surface area contributed by atoms with Crippen molar-refractivity contribution in [2.75, 3.05) is 13.2 Å². The molecule has 0 bridgehead atoms. The van der Waals surface area contributed by atoms with Crippen LogP contribution in [0, 0.1) is 13.8 Å². The van der Waals surface area contributed by atoms with E-state index in [2.05, 4.69) is 35.5 Å². The molecular weight excluding hydrogens is 384 g/mol. The molecule has 1 heterocycles. The molecule has 154 valence electrons. The van der Waals surface area contributed by atoms with Gasteiger partial charge >= 0.3 is 0 Å². The van der Waals surface area contributed by atoms with Crippen molar-refractivity contribution in [3.8, 4) is 5.75 Å². The molecule has 3 aromatic rings. The zero-order valence-electron chi connectivity index (χ0n) is 17.7. The number of hydrogen-bond donors (Lipinski definition) is 0. The van der Waals surface area contributed by atoms with Crippen molar-refractivity contribution in [3.05, 3.63) is 57.9 Å². The van der Waals surface area contributed by atoms with Gasteiger partial charge in [-0.15, -0.1) is 0 Å². The van der Waals surface area contributed by atoms with Gasteiger partial charge in [0.2, 0.25) is 0 Å². The summed E-state index contributed by atoms with van der Waals surface area (Å²) in [7, 11) is 0. The number of rotatable bonds is 7. The van der Waals surface area contributed by atoms with Crippen molar-refractivity contribution in [3.63, 3.8) is 0 Å². The Balaban J connectivity index is 2.00. The summed E-state index contributed by atoms with van der Waals surface area (Å²) in [4.78, 5) is 18.0. The molecule has 0 radical (unpaired) electrons. The maximum Gasteiger partial charge on any atom is 0.279 e. The van der Waals surface area contributed by atoms with Crippen molar-refractivity contribution in [1.82, 2.24) is 4.57 Å². The van der Waals surface area contributed by atoms with Crippen LogP contribution in [0.15, 0.2) is 41.4 Å². The van der Waals surface area contributed by atoms with Gasteiger partial charge in [-0.25, -0.2) is 0 Å².